The molecule has 0 aromatic heterocycles. The largest absolute Gasteiger partial charge is 0.451 e. The smallest absolute Gasteiger partial charge is 0.303 e. The number of carbonyl (C=O) groups excluding carboxylic acids is 3. The van der Waals surface area contributed by atoms with Crippen molar-refractivity contribution >= 4 is 17.5 Å². The molecular weight excluding hydrogens is 352 g/mol. The average Bonchev–Trinajstić information content (AvgIpc) is 2.89. The van der Waals surface area contributed by atoms with Gasteiger partial charge in [-0.15, -0.1) is 0 Å². The highest BCUT2D eigenvalue weighted by Crippen LogP contribution is 2.69. The van der Waals surface area contributed by atoms with Crippen LogP contribution in [0.5, 0.6) is 0 Å². The van der Waals surface area contributed by atoms with Crippen molar-refractivity contribution in [3.8, 4) is 0 Å². The van der Waals surface area contributed by atoms with Crippen LogP contribution >= 0.6 is 0 Å². The molecule has 0 aromatic rings. The first-order chi connectivity index (χ1) is 13.1. The summed E-state index contributed by atoms with van der Waals surface area (Å²) >= 11 is 0. The topological polar surface area (TPSA) is 60.4 Å². The number of Topliss-reactive ketones (excluding diaryl/α,β-unsaturated/α-hetero) is 1. The molecule has 4 aliphatic rings. The second-order valence-electron chi connectivity index (χ2n) is 10.4. The van der Waals surface area contributed by atoms with E-state index in [1.54, 1.807) is 6.92 Å². The molecule has 7 atom stereocenters. The van der Waals surface area contributed by atoms with Crippen LogP contribution in [0.3, 0.4) is 0 Å². The van der Waals surface area contributed by atoms with Gasteiger partial charge in [0, 0.05) is 18.8 Å². The average molecular weight is 387 g/mol. The van der Waals surface area contributed by atoms with Crippen molar-refractivity contribution in [2.75, 3.05) is 0 Å². The zero-order valence-corrected chi connectivity index (χ0v) is 18.0. The van der Waals surface area contributed by atoms with Gasteiger partial charge >= 0.3 is 5.97 Å². The summed E-state index contributed by atoms with van der Waals surface area (Å²) in [7, 11) is 0. The van der Waals surface area contributed by atoms with Crippen molar-refractivity contribution in [3.63, 3.8) is 0 Å². The molecule has 5 unspecified atom stereocenters. The third-order valence-electron chi connectivity index (χ3n) is 9.52. The molecule has 4 nitrogen and oxygen atoms in total. The third-order valence-corrected chi connectivity index (χ3v) is 9.52. The molecule has 0 saturated heterocycles. The van der Waals surface area contributed by atoms with Crippen LogP contribution in [0.4, 0.5) is 0 Å². The first kappa shape index (κ1) is 19.8. The first-order valence-electron chi connectivity index (χ1n) is 11.0. The quantitative estimate of drug-likeness (QED) is 0.648. The molecular formula is C24H34O4. The van der Waals surface area contributed by atoms with Crippen molar-refractivity contribution in [1.29, 1.82) is 0 Å². The van der Waals surface area contributed by atoms with E-state index in [2.05, 4.69) is 20.8 Å². The number of carbonyl (C=O) groups is 3. The minimum absolute atomic E-state index is 0.00499. The summed E-state index contributed by atoms with van der Waals surface area (Å²) in [5, 5.41) is 0. The SMILES string of the molecule is CC(=O)O[C@]1(C(C)=O)CCC2C3CCC4=CC(=O)C[C@H](C)C4(C)C3CCC21C. The standard InChI is InChI=1S/C24H34O4/c1-14-12-18(27)13-17-6-7-19-20-9-11-24(15(2)25,28-16(3)26)22(20,4)10-8-21(19)23(14,17)5/h13-14,19-21H,6-12H2,1-5H3/t14-,19?,20?,21?,22?,23?,24-/m0/s1. The summed E-state index contributed by atoms with van der Waals surface area (Å²) in [5.41, 5.74) is 0.203. The minimum Gasteiger partial charge on any atom is -0.451 e. The van der Waals surface area contributed by atoms with E-state index in [9.17, 15) is 14.4 Å². The fourth-order valence-corrected chi connectivity index (χ4v) is 8.00. The van der Waals surface area contributed by atoms with Gasteiger partial charge in [0.1, 0.15) is 0 Å². The maximum atomic E-state index is 12.8. The minimum atomic E-state index is -0.959. The van der Waals surface area contributed by atoms with Gasteiger partial charge in [0.15, 0.2) is 17.2 Å². The number of fused-ring (bicyclic) bond motifs is 5. The summed E-state index contributed by atoms with van der Waals surface area (Å²) in [4.78, 5) is 36.9. The van der Waals surface area contributed by atoms with E-state index in [-0.39, 0.29) is 28.4 Å². The Bertz CT molecular complexity index is 767. The number of esters is 1. The number of hydrogen-bond donors (Lipinski definition) is 0. The second kappa shape index (κ2) is 6.27. The highest BCUT2D eigenvalue weighted by molar-refractivity contribution is 5.92. The maximum Gasteiger partial charge on any atom is 0.303 e. The summed E-state index contributed by atoms with van der Waals surface area (Å²) in [6.07, 6.45) is 8.22. The van der Waals surface area contributed by atoms with Crippen LogP contribution in [-0.2, 0) is 19.1 Å². The predicted molar refractivity (Wildman–Crippen MR) is 106 cm³/mol. The molecule has 0 bridgehead atoms. The number of allylic oxidation sites excluding steroid dienone is 1. The van der Waals surface area contributed by atoms with Crippen LogP contribution in [0.2, 0.25) is 0 Å². The van der Waals surface area contributed by atoms with E-state index in [1.807, 2.05) is 6.08 Å². The summed E-state index contributed by atoms with van der Waals surface area (Å²) in [6, 6.07) is 0. The van der Waals surface area contributed by atoms with Crippen molar-refractivity contribution in [2.24, 2.45) is 34.5 Å². The monoisotopic (exact) mass is 386 g/mol. The van der Waals surface area contributed by atoms with Crippen LogP contribution < -0.4 is 0 Å². The van der Waals surface area contributed by atoms with Crippen LogP contribution in [0.15, 0.2) is 11.6 Å². The fourth-order valence-electron chi connectivity index (χ4n) is 8.00. The van der Waals surface area contributed by atoms with E-state index in [1.165, 1.54) is 12.5 Å². The molecule has 0 heterocycles. The number of ketones is 2. The van der Waals surface area contributed by atoms with Crippen molar-refractivity contribution in [1.82, 2.24) is 0 Å². The zero-order chi connectivity index (χ0) is 20.5. The first-order valence-corrected chi connectivity index (χ1v) is 11.0. The molecule has 0 amide bonds. The molecule has 0 N–H and O–H groups in total. The third kappa shape index (κ3) is 2.39. The van der Waals surface area contributed by atoms with Gasteiger partial charge in [-0.3, -0.25) is 14.4 Å². The number of ether oxygens (including phenoxy) is 1. The molecule has 154 valence electrons. The van der Waals surface area contributed by atoms with E-state index < -0.39 is 5.60 Å². The van der Waals surface area contributed by atoms with E-state index in [4.69, 9.17) is 4.74 Å². The molecule has 4 heteroatoms. The lowest BCUT2D eigenvalue weighted by atomic mass is 9.44. The van der Waals surface area contributed by atoms with Crippen LogP contribution in [0.25, 0.3) is 0 Å². The predicted octanol–water partition coefficient (Wildman–Crippen LogP) is 4.66. The van der Waals surface area contributed by atoms with Crippen LogP contribution in [0, 0.1) is 34.5 Å². The molecule has 4 rings (SSSR count). The zero-order valence-electron chi connectivity index (χ0n) is 18.0. The van der Waals surface area contributed by atoms with Crippen molar-refractivity contribution in [3.05, 3.63) is 11.6 Å². The van der Waals surface area contributed by atoms with Crippen molar-refractivity contribution < 1.29 is 19.1 Å². The van der Waals surface area contributed by atoms with E-state index in [0.717, 1.165) is 32.1 Å². The van der Waals surface area contributed by atoms with Gasteiger partial charge in [-0.05, 0) is 80.6 Å². The Hall–Kier alpha value is -1.45. The lowest BCUT2D eigenvalue weighted by molar-refractivity contribution is -0.187. The molecule has 3 saturated carbocycles. The van der Waals surface area contributed by atoms with Crippen LogP contribution in [0.1, 0.15) is 79.6 Å². The molecule has 0 spiro atoms. The molecule has 3 fully saturated rings. The Morgan fingerprint density at radius 3 is 2.39 bits per heavy atom. The van der Waals surface area contributed by atoms with E-state index >= 15 is 0 Å². The lowest BCUT2D eigenvalue weighted by Gasteiger charge is -2.60. The van der Waals surface area contributed by atoms with Crippen LogP contribution in [-0.4, -0.2) is 23.1 Å². The van der Waals surface area contributed by atoms with Gasteiger partial charge in [-0.1, -0.05) is 26.3 Å². The Morgan fingerprint density at radius 2 is 1.75 bits per heavy atom. The molecule has 0 aromatic carbocycles. The van der Waals surface area contributed by atoms with E-state index in [0.29, 0.717) is 36.5 Å². The summed E-state index contributed by atoms with van der Waals surface area (Å²) in [6.45, 7) is 9.85. The highest BCUT2D eigenvalue weighted by atomic mass is 16.6. The summed E-state index contributed by atoms with van der Waals surface area (Å²) in [5.74, 6) is 1.79. The van der Waals surface area contributed by atoms with Gasteiger partial charge in [-0.25, -0.2) is 0 Å². The Balaban J connectivity index is 1.72. The number of hydrogen-bond acceptors (Lipinski definition) is 4. The molecule has 4 aliphatic carbocycles. The van der Waals surface area contributed by atoms with Gasteiger partial charge in [0.2, 0.25) is 0 Å². The molecule has 0 radical (unpaired) electrons. The highest BCUT2D eigenvalue weighted by Gasteiger charge is 2.68. The normalized spacial score (nSPS) is 47.5. The Kier molecular flexibility index (Phi) is 4.45. The number of rotatable bonds is 2. The fraction of sp³-hybridized carbons (Fsp3) is 0.792. The van der Waals surface area contributed by atoms with Gasteiger partial charge in [0.25, 0.3) is 0 Å². The van der Waals surface area contributed by atoms with Gasteiger partial charge < -0.3 is 4.74 Å². The summed E-state index contributed by atoms with van der Waals surface area (Å²) < 4.78 is 5.83. The Morgan fingerprint density at radius 1 is 1.07 bits per heavy atom. The van der Waals surface area contributed by atoms with Gasteiger partial charge in [-0.2, -0.15) is 0 Å². The van der Waals surface area contributed by atoms with Crippen molar-refractivity contribution in [2.45, 2.75) is 85.2 Å². The maximum absolute atomic E-state index is 12.8. The molecule has 0 aliphatic heterocycles. The second-order valence-corrected chi connectivity index (χ2v) is 10.4. The Labute approximate surface area is 168 Å². The van der Waals surface area contributed by atoms with Gasteiger partial charge in [0.05, 0.1) is 0 Å². The lowest BCUT2D eigenvalue weighted by Crippen LogP contribution is -2.59. The molecule has 28 heavy (non-hydrogen) atoms.